The first-order valence-corrected chi connectivity index (χ1v) is 7.71. The summed E-state index contributed by atoms with van der Waals surface area (Å²) in [6.45, 7) is 1.45. The van der Waals surface area contributed by atoms with Crippen molar-refractivity contribution in [2.45, 2.75) is 19.4 Å². The highest BCUT2D eigenvalue weighted by atomic mass is 79.9. The minimum absolute atomic E-state index is 0.148. The predicted molar refractivity (Wildman–Crippen MR) is 90.4 cm³/mol. The first-order valence-electron chi connectivity index (χ1n) is 6.92. The molecule has 2 N–H and O–H groups in total. The van der Waals surface area contributed by atoms with Gasteiger partial charge in [-0.3, -0.25) is 9.59 Å². The van der Waals surface area contributed by atoms with Crippen LogP contribution < -0.4 is 10.6 Å². The Labute approximate surface area is 138 Å². The molecular weight excluding hydrogens is 344 g/mol. The summed E-state index contributed by atoms with van der Waals surface area (Å²) in [5, 5.41) is 5.65. The van der Waals surface area contributed by atoms with Crippen LogP contribution in [0.2, 0.25) is 0 Å². The lowest BCUT2D eigenvalue weighted by molar-refractivity contribution is -0.120. The van der Waals surface area contributed by atoms with Gasteiger partial charge in [0, 0.05) is 17.1 Å². The zero-order valence-corrected chi connectivity index (χ0v) is 13.8. The molecule has 4 nitrogen and oxygen atoms in total. The van der Waals surface area contributed by atoms with E-state index in [4.69, 9.17) is 0 Å². The molecule has 5 heteroatoms. The maximum absolute atomic E-state index is 12.2. The van der Waals surface area contributed by atoms with Crippen LogP contribution >= 0.6 is 15.9 Å². The van der Waals surface area contributed by atoms with E-state index in [1.807, 2.05) is 54.6 Å². The monoisotopic (exact) mass is 360 g/mol. The Morgan fingerprint density at radius 1 is 1.05 bits per heavy atom. The first-order chi connectivity index (χ1) is 10.5. The van der Waals surface area contributed by atoms with Gasteiger partial charge < -0.3 is 10.6 Å². The van der Waals surface area contributed by atoms with Gasteiger partial charge in [-0.15, -0.1) is 0 Å². The fraction of sp³-hybridized carbons (Fsp3) is 0.176. The number of rotatable bonds is 5. The lowest BCUT2D eigenvalue weighted by Gasteiger charge is -2.18. The molecule has 2 aromatic carbocycles. The molecule has 2 aromatic rings. The second kappa shape index (κ2) is 7.75. The lowest BCUT2D eigenvalue weighted by atomic mass is 10.0. The summed E-state index contributed by atoms with van der Waals surface area (Å²) in [6, 6.07) is 16.5. The molecule has 22 heavy (non-hydrogen) atoms. The third-order valence-corrected chi connectivity index (χ3v) is 3.63. The van der Waals surface area contributed by atoms with E-state index in [2.05, 4.69) is 26.6 Å². The number of carbonyl (C=O) groups excluding carboxylic acids is 2. The SMILES string of the molecule is CC(=O)N[C@@H](CC(=O)Nc1ccc(Br)cc1)c1ccccc1. The van der Waals surface area contributed by atoms with Crippen molar-refractivity contribution >= 4 is 33.4 Å². The van der Waals surface area contributed by atoms with Crippen molar-refractivity contribution in [3.8, 4) is 0 Å². The molecule has 0 spiro atoms. The van der Waals surface area contributed by atoms with Crippen molar-refractivity contribution in [1.29, 1.82) is 0 Å². The number of anilines is 1. The number of hydrogen-bond donors (Lipinski definition) is 2. The maximum atomic E-state index is 12.2. The highest BCUT2D eigenvalue weighted by Gasteiger charge is 2.16. The van der Waals surface area contributed by atoms with E-state index in [0.29, 0.717) is 0 Å². The Morgan fingerprint density at radius 3 is 2.27 bits per heavy atom. The highest BCUT2D eigenvalue weighted by molar-refractivity contribution is 9.10. The molecule has 0 aliphatic heterocycles. The Hall–Kier alpha value is -2.14. The van der Waals surface area contributed by atoms with Gasteiger partial charge in [-0.2, -0.15) is 0 Å². The van der Waals surface area contributed by atoms with E-state index < -0.39 is 0 Å². The third-order valence-electron chi connectivity index (χ3n) is 3.10. The fourth-order valence-corrected chi connectivity index (χ4v) is 2.38. The second-order valence-electron chi connectivity index (χ2n) is 4.92. The van der Waals surface area contributed by atoms with Gasteiger partial charge in [0.2, 0.25) is 11.8 Å². The molecule has 0 bridgehead atoms. The van der Waals surface area contributed by atoms with Crippen LogP contribution in [0.1, 0.15) is 24.9 Å². The highest BCUT2D eigenvalue weighted by Crippen LogP contribution is 2.19. The van der Waals surface area contributed by atoms with Crippen molar-refractivity contribution in [3.63, 3.8) is 0 Å². The summed E-state index contributed by atoms with van der Waals surface area (Å²) in [4.78, 5) is 23.5. The largest absolute Gasteiger partial charge is 0.349 e. The molecule has 1 atom stereocenters. The van der Waals surface area contributed by atoms with Crippen molar-refractivity contribution < 1.29 is 9.59 Å². The lowest BCUT2D eigenvalue weighted by Crippen LogP contribution is -2.29. The van der Waals surface area contributed by atoms with Gasteiger partial charge in [0.15, 0.2) is 0 Å². The predicted octanol–water partition coefficient (Wildman–Crippen LogP) is 3.66. The van der Waals surface area contributed by atoms with Gasteiger partial charge >= 0.3 is 0 Å². The van der Waals surface area contributed by atoms with Crippen molar-refractivity contribution in [2.24, 2.45) is 0 Å². The van der Waals surface area contributed by atoms with Gasteiger partial charge in [-0.05, 0) is 29.8 Å². The number of carbonyl (C=O) groups is 2. The van der Waals surface area contributed by atoms with E-state index in [-0.39, 0.29) is 24.3 Å². The van der Waals surface area contributed by atoms with Crippen molar-refractivity contribution in [2.75, 3.05) is 5.32 Å². The maximum Gasteiger partial charge on any atom is 0.226 e. The Balaban J connectivity index is 2.04. The number of amides is 2. The molecule has 0 heterocycles. The smallest absolute Gasteiger partial charge is 0.226 e. The van der Waals surface area contributed by atoms with Crippen LogP contribution in [0.25, 0.3) is 0 Å². The molecule has 2 rings (SSSR count). The Kier molecular flexibility index (Phi) is 5.72. The number of benzene rings is 2. The average Bonchev–Trinajstić information content (AvgIpc) is 2.49. The van der Waals surface area contributed by atoms with Crippen LogP contribution in [0.15, 0.2) is 59.1 Å². The molecule has 0 saturated carbocycles. The first kappa shape index (κ1) is 16.2. The molecule has 0 aliphatic carbocycles. The molecule has 0 unspecified atom stereocenters. The second-order valence-corrected chi connectivity index (χ2v) is 5.84. The van der Waals surface area contributed by atoms with Gasteiger partial charge in [0.25, 0.3) is 0 Å². The minimum atomic E-state index is -0.339. The Bertz CT molecular complexity index is 641. The van der Waals surface area contributed by atoms with E-state index in [1.54, 1.807) is 0 Å². The van der Waals surface area contributed by atoms with Crippen LogP contribution in [0.4, 0.5) is 5.69 Å². The van der Waals surface area contributed by atoms with Gasteiger partial charge in [0.05, 0.1) is 12.5 Å². The van der Waals surface area contributed by atoms with Crippen LogP contribution in [-0.2, 0) is 9.59 Å². The molecule has 0 radical (unpaired) electrons. The van der Waals surface area contributed by atoms with E-state index in [0.717, 1.165) is 15.7 Å². The van der Waals surface area contributed by atoms with E-state index in [1.165, 1.54) is 6.92 Å². The van der Waals surface area contributed by atoms with Crippen molar-refractivity contribution in [3.05, 3.63) is 64.6 Å². The van der Waals surface area contributed by atoms with Gasteiger partial charge in [-0.1, -0.05) is 46.3 Å². The van der Waals surface area contributed by atoms with E-state index in [9.17, 15) is 9.59 Å². The van der Waals surface area contributed by atoms with Gasteiger partial charge in [-0.25, -0.2) is 0 Å². The summed E-state index contributed by atoms with van der Waals surface area (Å²) in [5.41, 5.74) is 1.63. The van der Waals surface area contributed by atoms with E-state index >= 15 is 0 Å². The quantitative estimate of drug-likeness (QED) is 0.854. The van der Waals surface area contributed by atoms with Gasteiger partial charge in [0.1, 0.15) is 0 Å². The molecule has 0 fully saturated rings. The number of hydrogen-bond acceptors (Lipinski definition) is 2. The summed E-state index contributed by atoms with van der Waals surface area (Å²) in [6.07, 6.45) is 0.180. The van der Waals surface area contributed by atoms with Crippen LogP contribution in [0.3, 0.4) is 0 Å². The molecule has 114 valence electrons. The van der Waals surface area contributed by atoms with Crippen LogP contribution in [-0.4, -0.2) is 11.8 Å². The van der Waals surface area contributed by atoms with Crippen molar-refractivity contribution in [1.82, 2.24) is 5.32 Å². The normalized spacial score (nSPS) is 11.5. The average molecular weight is 361 g/mol. The zero-order valence-electron chi connectivity index (χ0n) is 12.2. The molecular formula is C17H17BrN2O2. The number of halogens is 1. The topological polar surface area (TPSA) is 58.2 Å². The molecule has 0 aromatic heterocycles. The summed E-state index contributed by atoms with van der Waals surface area (Å²) >= 11 is 3.35. The zero-order chi connectivity index (χ0) is 15.9. The third kappa shape index (κ3) is 5.00. The molecule has 2 amide bonds. The summed E-state index contributed by atoms with van der Waals surface area (Å²) in [7, 11) is 0. The van der Waals surface area contributed by atoms with Crippen LogP contribution in [0, 0.1) is 0 Å². The molecule has 0 aliphatic rings. The Morgan fingerprint density at radius 2 is 1.68 bits per heavy atom. The summed E-state index contributed by atoms with van der Waals surface area (Å²) < 4.78 is 0.950. The standard InChI is InChI=1S/C17H17BrN2O2/c1-12(21)19-16(13-5-3-2-4-6-13)11-17(22)20-15-9-7-14(18)8-10-15/h2-10,16H,11H2,1H3,(H,19,21)(H,20,22)/t16-/m0/s1. The fourth-order valence-electron chi connectivity index (χ4n) is 2.11. The molecule has 0 saturated heterocycles. The van der Waals surface area contributed by atoms with Crippen LogP contribution in [0.5, 0.6) is 0 Å². The summed E-state index contributed by atoms with van der Waals surface area (Å²) in [5.74, 6) is -0.310. The minimum Gasteiger partial charge on any atom is -0.349 e. The number of nitrogens with one attached hydrogen (secondary N) is 2.